The highest BCUT2D eigenvalue weighted by Crippen LogP contribution is 2.37. The number of ether oxygens (including phenoxy) is 1. The van der Waals surface area contributed by atoms with E-state index >= 15 is 0 Å². The van der Waals surface area contributed by atoms with E-state index in [-0.39, 0.29) is 12.5 Å². The zero-order valence-electron chi connectivity index (χ0n) is 12.9. The molecule has 0 aromatic heterocycles. The van der Waals surface area contributed by atoms with Crippen LogP contribution in [0.25, 0.3) is 5.57 Å². The van der Waals surface area contributed by atoms with Crippen LogP contribution in [0.1, 0.15) is 18.1 Å². The number of benzene rings is 2. The highest BCUT2D eigenvalue weighted by Gasteiger charge is 2.32. The van der Waals surface area contributed by atoms with Crippen molar-refractivity contribution in [3.63, 3.8) is 0 Å². The van der Waals surface area contributed by atoms with Crippen molar-refractivity contribution >= 4 is 23.1 Å². The second kappa shape index (κ2) is 6.48. The van der Waals surface area contributed by atoms with Crippen molar-refractivity contribution in [3.05, 3.63) is 71.8 Å². The summed E-state index contributed by atoms with van der Waals surface area (Å²) >= 11 is 0. The van der Waals surface area contributed by atoms with Crippen molar-refractivity contribution in [2.24, 2.45) is 0 Å². The number of hydrogen-bond acceptors (Lipinski definition) is 3. The van der Waals surface area contributed by atoms with Gasteiger partial charge in [0.2, 0.25) is 0 Å². The van der Waals surface area contributed by atoms with Crippen LogP contribution in [0.3, 0.4) is 0 Å². The van der Waals surface area contributed by atoms with E-state index < -0.39 is 5.97 Å². The van der Waals surface area contributed by atoms with E-state index in [4.69, 9.17) is 4.74 Å². The molecular weight excluding hydrogens is 290 g/mol. The summed E-state index contributed by atoms with van der Waals surface area (Å²) in [7, 11) is 0. The minimum Gasteiger partial charge on any atom is -0.463 e. The van der Waals surface area contributed by atoms with E-state index in [1.807, 2.05) is 54.6 Å². The largest absolute Gasteiger partial charge is 0.463 e. The normalized spacial score (nSPS) is 14.9. The number of esters is 1. The Balaban J connectivity index is 1.97. The Morgan fingerprint density at radius 3 is 2.52 bits per heavy atom. The Labute approximate surface area is 135 Å². The lowest BCUT2D eigenvalue weighted by Crippen LogP contribution is -2.25. The molecule has 3 rings (SSSR count). The molecule has 4 heteroatoms. The van der Waals surface area contributed by atoms with Crippen molar-refractivity contribution in [1.82, 2.24) is 0 Å². The van der Waals surface area contributed by atoms with Crippen molar-refractivity contribution in [1.29, 1.82) is 0 Å². The molecule has 0 saturated heterocycles. The third-order valence-electron chi connectivity index (χ3n) is 3.69. The molecule has 2 aromatic carbocycles. The van der Waals surface area contributed by atoms with Gasteiger partial charge in [-0.05, 0) is 18.6 Å². The Bertz CT molecular complexity index is 765. The summed E-state index contributed by atoms with van der Waals surface area (Å²) in [5.41, 5.74) is 3.00. The summed E-state index contributed by atoms with van der Waals surface area (Å²) < 4.78 is 4.93. The first-order valence-electron chi connectivity index (χ1n) is 7.54. The van der Waals surface area contributed by atoms with Gasteiger partial charge in [-0.3, -0.25) is 4.79 Å². The fraction of sp³-hybridized carbons (Fsp3) is 0.158. The lowest BCUT2D eigenvalue weighted by molar-refractivity contribution is -0.137. The average molecular weight is 307 g/mol. The molecule has 0 spiro atoms. The van der Waals surface area contributed by atoms with Crippen LogP contribution in [-0.4, -0.2) is 18.5 Å². The van der Waals surface area contributed by atoms with Gasteiger partial charge in [0.25, 0.3) is 5.91 Å². The van der Waals surface area contributed by atoms with E-state index in [0.717, 1.165) is 16.8 Å². The summed E-state index contributed by atoms with van der Waals surface area (Å²) in [6.07, 6.45) is 1.29. The molecule has 0 aliphatic carbocycles. The maximum Gasteiger partial charge on any atom is 0.331 e. The van der Waals surface area contributed by atoms with Crippen LogP contribution >= 0.6 is 0 Å². The van der Waals surface area contributed by atoms with E-state index in [1.54, 1.807) is 11.8 Å². The van der Waals surface area contributed by atoms with Gasteiger partial charge in [-0.1, -0.05) is 48.5 Å². The van der Waals surface area contributed by atoms with Gasteiger partial charge in [0.1, 0.15) is 0 Å². The average Bonchev–Trinajstić information content (AvgIpc) is 2.82. The number of nitrogens with zero attached hydrogens (tertiary/aromatic N) is 1. The molecule has 0 saturated carbocycles. The minimum atomic E-state index is -0.493. The number of hydrogen-bond donors (Lipinski definition) is 0. The van der Waals surface area contributed by atoms with Crippen LogP contribution in [0.2, 0.25) is 0 Å². The molecule has 0 bridgehead atoms. The van der Waals surface area contributed by atoms with Gasteiger partial charge in [0.15, 0.2) is 0 Å². The molecule has 0 atom stereocenters. The van der Waals surface area contributed by atoms with Gasteiger partial charge in [0, 0.05) is 11.6 Å². The number of para-hydroxylation sites is 1. The highest BCUT2D eigenvalue weighted by atomic mass is 16.5. The molecule has 2 aromatic rings. The van der Waals surface area contributed by atoms with Crippen LogP contribution in [0.15, 0.2) is 60.7 Å². The first-order valence-corrected chi connectivity index (χ1v) is 7.54. The fourth-order valence-electron chi connectivity index (χ4n) is 2.67. The zero-order chi connectivity index (χ0) is 16.2. The van der Waals surface area contributed by atoms with E-state index in [2.05, 4.69) is 0 Å². The molecule has 0 N–H and O–H groups in total. The zero-order valence-corrected chi connectivity index (χ0v) is 12.9. The molecule has 1 heterocycles. The van der Waals surface area contributed by atoms with E-state index in [0.29, 0.717) is 12.1 Å². The van der Waals surface area contributed by atoms with Crippen LogP contribution in [0.4, 0.5) is 5.69 Å². The van der Waals surface area contributed by atoms with Crippen LogP contribution < -0.4 is 4.90 Å². The van der Waals surface area contributed by atoms with Gasteiger partial charge < -0.3 is 9.64 Å². The van der Waals surface area contributed by atoms with Gasteiger partial charge in [0.05, 0.1) is 24.4 Å². The van der Waals surface area contributed by atoms with Crippen LogP contribution in [0.5, 0.6) is 0 Å². The molecule has 0 radical (unpaired) electrons. The number of rotatable bonds is 4. The van der Waals surface area contributed by atoms with Gasteiger partial charge >= 0.3 is 5.97 Å². The Hall–Kier alpha value is -2.88. The first kappa shape index (κ1) is 15.0. The standard InChI is InChI=1S/C19H17NO3/c1-2-23-18(21)12-16-15-10-6-7-11-17(15)20(19(16)22)13-14-8-4-3-5-9-14/h3-12H,2,13H2,1H3/b16-12+. The summed E-state index contributed by atoms with van der Waals surface area (Å²) in [6, 6.07) is 17.3. The monoisotopic (exact) mass is 307 g/mol. The smallest absolute Gasteiger partial charge is 0.331 e. The minimum absolute atomic E-state index is 0.178. The molecule has 0 unspecified atom stereocenters. The fourth-order valence-corrected chi connectivity index (χ4v) is 2.67. The predicted octanol–water partition coefficient (Wildman–Crippen LogP) is 3.18. The van der Waals surface area contributed by atoms with Gasteiger partial charge in [-0.15, -0.1) is 0 Å². The van der Waals surface area contributed by atoms with Gasteiger partial charge in [-0.2, -0.15) is 0 Å². The van der Waals surface area contributed by atoms with Crippen LogP contribution in [0, 0.1) is 0 Å². The summed E-state index contributed by atoms with van der Waals surface area (Å²) in [5, 5.41) is 0. The van der Waals surface area contributed by atoms with Crippen molar-refractivity contribution < 1.29 is 14.3 Å². The Kier molecular flexibility index (Phi) is 4.24. The highest BCUT2D eigenvalue weighted by molar-refractivity contribution is 6.34. The first-order chi connectivity index (χ1) is 11.2. The quantitative estimate of drug-likeness (QED) is 0.644. The maximum atomic E-state index is 12.8. The van der Waals surface area contributed by atoms with Gasteiger partial charge in [-0.25, -0.2) is 4.79 Å². The molecule has 23 heavy (non-hydrogen) atoms. The number of carbonyl (C=O) groups is 2. The topological polar surface area (TPSA) is 46.6 Å². The second-order valence-electron chi connectivity index (χ2n) is 5.20. The lowest BCUT2D eigenvalue weighted by atomic mass is 10.1. The Morgan fingerprint density at radius 2 is 1.78 bits per heavy atom. The predicted molar refractivity (Wildman–Crippen MR) is 88.7 cm³/mol. The maximum absolute atomic E-state index is 12.8. The van der Waals surface area contributed by atoms with Crippen molar-refractivity contribution in [2.45, 2.75) is 13.5 Å². The molecule has 116 valence electrons. The number of fused-ring (bicyclic) bond motifs is 1. The molecule has 4 nitrogen and oxygen atoms in total. The summed E-state index contributed by atoms with van der Waals surface area (Å²) in [6.45, 7) is 2.49. The van der Waals surface area contributed by atoms with E-state index in [9.17, 15) is 9.59 Å². The van der Waals surface area contributed by atoms with Crippen molar-refractivity contribution in [2.75, 3.05) is 11.5 Å². The number of amides is 1. The van der Waals surface area contributed by atoms with Crippen LogP contribution in [-0.2, 0) is 20.9 Å². The molecule has 1 amide bonds. The second-order valence-corrected chi connectivity index (χ2v) is 5.20. The third kappa shape index (κ3) is 3.01. The third-order valence-corrected chi connectivity index (χ3v) is 3.69. The number of anilines is 1. The molecule has 1 aliphatic heterocycles. The summed E-state index contributed by atoms with van der Waals surface area (Å²) in [4.78, 5) is 26.2. The number of carbonyl (C=O) groups excluding carboxylic acids is 2. The van der Waals surface area contributed by atoms with Crippen molar-refractivity contribution in [3.8, 4) is 0 Å². The molecular formula is C19H17NO3. The van der Waals surface area contributed by atoms with E-state index in [1.165, 1.54) is 6.08 Å². The Morgan fingerprint density at radius 1 is 1.09 bits per heavy atom. The molecule has 1 aliphatic rings. The lowest BCUT2D eigenvalue weighted by Gasteiger charge is -2.17. The molecule has 0 fully saturated rings. The SMILES string of the molecule is CCOC(=O)/C=C1/C(=O)N(Cc2ccccc2)c2ccccc21. The summed E-state index contributed by atoms with van der Waals surface area (Å²) in [5.74, 6) is -0.671.